The normalized spacial score (nSPS) is 18.0. The number of hydrogen-bond acceptors (Lipinski definition) is 6. The van der Waals surface area contributed by atoms with Crippen LogP contribution in [0.2, 0.25) is 0 Å². The molecule has 0 radical (unpaired) electrons. The molecule has 3 rings (SSSR count). The van der Waals surface area contributed by atoms with Gasteiger partial charge in [-0.3, -0.25) is 14.4 Å². The molecule has 0 bridgehead atoms. The second-order valence-corrected chi connectivity index (χ2v) is 7.00. The molecule has 0 N–H and O–H groups in total. The smallest absolute Gasteiger partial charge is 0.306 e. The fraction of sp³-hybridized carbons (Fsp3) is 0.550. The molecule has 1 saturated heterocycles. The first-order valence-corrected chi connectivity index (χ1v) is 9.46. The summed E-state index contributed by atoms with van der Waals surface area (Å²) in [5.74, 6) is 0.0196. The summed E-state index contributed by atoms with van der Waals surface area (Å²) in [4.78, 5) is 40.6. The fourth-order valence-corrected chi connectivity index (χ4v) is 3.59. The monoisotopic (exact) mass is 374 g/mol. The lowest BCUT2D eigenvalue weighted by Gasteiger charge is -2.39. The Morgan fingerprint density at radius 2 is 1.96 bits per heavy atom. The molecule has 0 unspecified atom stereocenters. The number of benzene rings is 1. The summed E-state index contributed by atoms with van der Waals surface area (Å²) in [6.07, 6.45) is 1.92. The maximum Gasteiger partial charge on any atom is 0.306 e. The van der Waals surface area contributed by atoms with Crippen LogP contribution in [0.3, 0.4) is 0 Å². The Morgan fingerprint density at radius 1 is 1.22 bits per heavy atom. The van der Waals surface area contributed by atoms with Gasteiger partial charge in [0.05, 0.1) is 18.7 Å². The van der Waals surface area contributed by atoms with E-state index in [2.05, 4.69) is 11.9 Å². The maximum atomic E-state index is 12.5. The van der Waals surface area contributed by atoms with Gasteiger partial charge in [0.15, 0.2) is 12.4 Å². The van der Waals surface area contributed by atoms with Gasteiger partial charge in [-0.15, -0.1) is 0 Å². The standard InChI is InChI=1S/C20H26N2O5/c1-3-26-20(25)7-5-17(23)14-4-6-18-16(12-14)22(19(24)13-27-18)15-8-10-21(2)11-9-15/h4,6,12,15H,3,5,7-11,13H2,1-2H3. The number of likely N-dealkylation sites (tertiary alicyclic amines) is 1. The molecule has 1 amide bonds. The van der Waals surface area contributed by atoms with Crippen molar-refractivity contribution in [1.29, 1.82) is 0 Å². The summed E-state index contributed by atoms with van der Waals surface area (Å²) in [5, 5.41) is 0. The summed E-state index contributed by atoms with van der Waals surface area (Å²) in [5.41, 5.74) is 1.14. The third-order valence-electron chi connectivity index (χ3n) is 5.08. The molecule has 2 aliphatic rings. The first-order valence-electron chi connectivity index (χ1n) is 9.46. The predicted octanol–water partition coefficient (Wildman–Crippen LogP) is 2.03. The zero-order chi connectivity index (χ0) is 19.4. The van der Waals surface area contributed by atoms with E-state index in [-0.39, 0.29) is 43.2 Å². The fourth-order valence-electron chi connectivity index (χ4n) is 3.59. The summed E-state index contributed by atoms with van der Waals surface area (Å²) < 4.78 is 10.4. The maximum absolute atomic E-state index is 12.5. The Labute approximate surface area is 159 Å². The number of carbonyl (C=O) groups excluding carboxylic acids is 3. The topological polar surface area (TPSA) is 76.2 Å². The highest BCUT2D eigenvalue weighted by molar-refractivity contribution is 6.02. The van der Waals surface area contributed by atoms with Crippen LogP contribution in [-0.4, -0.2) is 62.0 Å². The van der Waals surface area contributed by atoms with Crippen molar-refractivity contribution in [2.45, 2.75) is 38.6 Å². The minimum atomic E-state index is -0.379. The molecule has 1 fully saturated rings. The molecule has 146 valence electrons. The zero-order valence-corrected chi connectivity index (χ0v) is 15.9. The second kappa shape index (κ2) is 8.52. The molecule has 2 heterocycles. The molecule has 2 aliphatic heterocycles. The van der Waals surface area contributed by atoms with Crippen molar-refractivity contribution in [3.05, 3.63) is 23.8 Å². The van der Waals surface area contributed by atoms with Crippen LogP contribution in [0.25, 0.3) is 0 Å². The Morgan fingerprint density at radius 3 is 2.67 bits per heavy atom. The van der Waals surface area contributed by atoms with Gasteiger partial charge in [-0.25, -0.2) is 0 Å². The molecule has 27 heavy (non-hydrogen) atoms. The quantitative estimate of drug-likeness (QED) is 0.560. The molecule has 0 atom stereocenters. The van der Waals surface area contributed by atoms with Crippen LogP contribution < -0.4 is 9.64 Å². The number of nitrogens with zero attached hydrogens (tertiary/aromatic N) is 2. The van der Waals surface area contributed by atoms with Crippen LogP contribution in [0.15, 0.2) is 18.2 Å². The van der Waals surface area contributed by atoms with Crippen LogP contribution in [0.1, 0.15) is 43.0 Å². The van der Waals surface area contributed by atoms with Gasteiger partial charge in [0.25, 0.3) is 5.91 Å². The van der Waals surface area contributed by atoms with Gasteiger partial charge in [-0.1, -0.05) is 0 Å². The number of esters is 1. The minimum absolute atomic E-state index is 0.0233. The molecule has 7 nitrogen and oxygen atoms in total. The molecule has 0 saturated carbocycles. The summed E-state index contributed by atoms with van der Waals surface area (Å²) in [6.45, 7) is 3.93. The predicted molar refractivity (Wildman–Crippen MR) is 100 cm³/mol. The number of Topliss-reactive ketones (excluding diaryl/α,β-unsaturated/α-hetero) is 1. The van der Waals surface area contributed by atoms with Crippen LogP contribution in [0.4, 0.5) is 5.69 Å². The number of anilines is 1. The third-order valence-corrected chi connectivity index (χ3v) is 5.08. The lowest BCUT2D eigenvalue weighted by Crippen LogP contribution is -2.50. The van der Waals surface area contributed by atoms with Crippen molar-refractivity contribution in [2.24, 2.45) is 0 Å². The van der Waals surface area contributed by atoms with Crippen LogP contribution in [0, 0.1) is 0 Å². The number of rotatable bonds is 6. The highest BCUT2D eigenvalue weighted by Gasteiger charge is 2.33. The molecule has 0 spiro atoms. The zero-order valence-electron chi connectivity index (χ0n) is 15.9. The largest absolute Gasteiger partial charge is 0.482 e. The lowest BCUT2D eigenvalue weighted by atomic mass is 9.99. The molecular weight excluding hydrogens is 348 g/mol. The number of ketones is 1. The van der Waals surface area contributed by atoms with E-state index in [1.807, 2.05) is 0 Å². The lowest BCUT2D eigenvalue weighted by molar-refractivity contribution is -0.143. The Kier molecular flexibility index (Phi) is 6.11. The minimum Gasteiger partial charge on any atom is -0.482 e. The number of carbonyl (C=O) groups is 3. The summed E-state index contributed by atoms with van der Waals surface area (Å²) in [7, 11) is 2.08. The molecule has 7 heteroatoms. The van der Waals surface area contributed by atoms with E-state index in [9.17, 15) is 14.4 Å². The van der Waals surface area contributed by atoms with Crippen molar-refractivity contribution in [1.82, 2.24) is 4.90 Å². The van der Waals surface area contributed by atoms with Crippen molar-refractivity contribution in [2.75, 3.05) is 38.3 Å². The first-order chi connectivity index (χ1) is 13.0. The van der Waals surface area contributed by atoms with Gasteiger partial charge in [0.2, 0.25) is 0 Å². The SMILES string of the molecule is CCOC(=O)CCC(=O)c1ccc2c(c1)N(C1CCN(C)CC1)C(=O)CO2. The number of amides is 1. The molecule has 1 aromatic carbocycles. The Hall–Kier alpha value is -2.41. The van der Waals surface area contributed by atoms with E-state index in [0.717, 1.165) is 25.9 Å². The number of piperidine rings is 1. The van der Waals surface area contributed by atoms with Gasteiger partial charge < -0.3 is 19.3 Å². The van der Waals surface area contributed by atoms with E-state index in [0.29, 0.717) is 23.6 Å². The van der Waals surface area contributed by atoms with E-state index >= 15 is 0 Å². The summed E-state index contributed by atoms with van der Waals surface area (Å²) in [6, 6.07) is 5.26. The second-order valence-electron chi connectivity index (χ2n) is 7.00. The molecule has 0 aliphatic carbocycles. The average molecular weight is 374 g/mol. The van der Waals surface area contributed by atoms with Crippen molar-refractivity contribution < 1.29 is 23.9 Å². The van der Waals surface area contributed by atoms with Crippen molar-refractivity contribution in [3.8, 4) is 5.75 Å². The van der Waals surface area contributed by atoms with Gasteiger partial charge in [-0.05, 0) is 58.1 Å². The van der Waals surface area contributed by atoms with Crippen molar-refractivity contribution in [3.63, 3.8) is 0 Å². The number of ether oxygens (including phenoxy) is 2. The van der Waals surface area contributed by atoms with Gasteiger partial charge in [0.1, 0.15) is 5.75 Å². The number of hydrogen-bond donors (Lipinski definition) is 0. The van der Waals surface area contributed by atoms with Crippen LogP contribution >= 0.6 is 0 Å². The first kappa shape index (κ1) is 19.4. The van der Waals surface area contributed by atoms with Crippen LogP contribution in [0.5, 0.6) is 5.75 Å². The van der Waals surface area contributed by atoms with Crippen molar-refractivity contribution >= 4 is 23.3 Å². The van der Waals surface area contributed by atoms with Gasteiger partial charge in [-0.2, -0.15) is 0 Å². The van der Waals surface area contributed by atoms with E-state index < -0.39 is 0 Å². The van der Waals surface area contributed by atoms with Gasteiger partial charge >= 0.3 is 5.97 Å². The average Bonchev–Trinajstić information content (AvgIpc) is 2.67. The summed E-state index contributed by atoms with van der Waals surface area (Å²) >= 11 is 0. The van der Waals surface area contributed by atoms with Gasteiger partial charge in [0, 0.05) is 18.0 Å². The van der Waals surface area contributed by atoms with E-state index in [4.69, 9.17) is 9.47 Å². The molecule has 0 aromatic heterocycles. The Balaban J connectivity index is 1.78. The highest BCUT2D eigenvalue weighted by Crippen LogP contribution is 2.36. The number of fused-ring (bicyclic) bond motifs is 1. The van der Waals surface area contributed by atoms with E-state index in [1.54, 1.807) is 30.0 Å². The van der Waals surface area contributed by atoms with E-state index in [1.165, 1.54) is 0 Å². The molecule has 1 aromatic rings. The third kappa shape index (κ3) is 4.47. The van der Waals surface area contributed by atoms with Crippen LogP contribution in [-0.2, 0) is 14.3 Å². The highest BCUT2D eigenvalue weighted by atomic mass is 16.5. The molecular formula is C20H26N2O5. The Bertz CT molecular complexity index is 725.